The van der Waals surface area contributed by atoms with Crippen molar-refractivity contribution in [3.8, 4) is 5.75 Å². The highest BCUT2D eigenvalue weighted by atomic mass is 16.5. The van der Waals surface area contributed by atoms with E-state index in [2.05, 4.69) is 0 Å². The van der Waals surface area contributed by atoms with Gasteiger partial charge < -0.3 is 9.64 Å². The topological polar surface area (TPSA) is 49.9 Å². The molecule has 1 fully saturated rings. The second-order valence-electron chi connectivity index (χ2n) is 6.52. The van der Waals surface area contributed by atoms with E-state index in [1.807, 2.05) is 48.5 Å². The van der Waals surface area contributed by atoms with Crippen molar-refractivity contribution in [2.24, 2.45) is 0 Å². The highest BCUT2D eigenvalue weighted by molar-refractivity contribution is 6.04. The summed E-state index contributed by atoms with van der Waals surface area (Å²) < 4.78 is 5.31. The second kappa shape index (κ2) is 6.33. The van der Waals surface area contributed by atoms with E-state index < -0.39 is 0 Å². The van der Waals surface area contributed by atoms with Gasteiger partial charge in [0.1, 0.15) is 17.6 Å². The number of ether oxygens (including phenoxy) is 1. The standard InChI is InChI=1S/C21H20N2O3/c1-14(24)23-19(12-15-6-4-3-5-7-15)21(25)22-11-10-16-13-17(26-2)8-9-18(16)20(22)23/h3-9,12-13,20H,10-11H2,1-2H3/b19-12+. The van der Waals surface area contributed by atoms with E-state index in [0.717, 1.165) is 28.9 Å². The van der Waals surface area contributed by atoms with Gasteiger partial charge >= 0.3 is 0 Å². The third-order valence-electron chi connectivity index (χ3n) is 4.97. The van der Waals surface area contributed by atoms with Crippen molar-refractivity contribution in [1.82, 2.24) is 9.80 Å². The average molecular weight is 348 g/mol. The van der Waals surface area contributed by atoms with Gasteiger partial charge in [-0.2, -0.15) is 0 Å². The first kappa shape index (κ1) is 16.4. The van der Waals surface area contributed by atoms with Gasteiger partial charge in [-0.25, -0.2) is 0 Å². The molecular formula is C21H20N2O3. The first-order valence-corrected chi connectivity index (χ1v) is 8.64. The molecule has 132 valence electrons. The molecule has 1 saturated heterocycles. The van der Waals surface area contributed by atoms with E-state index >= 15 is 0 Å². The molecule has 5 nitrogen and oxygen atoms in total. The smallest absolute Gasteiger partial charge is 0.272 e. The molecule has 5 heteroatoms. The van der Waals surface area contributed by atoms with Crippen LogP contribution in [0.25, 0.3) is 6.08 Å². The Hall–Kier alpha value is -3.08. The molecule has 26 heavy (non-hydrogen) atoms. The van der Waals surface area contributed by atoms with E-state index in [0.29, 0.717) is 12.2 Å². The zero-order chi connectivity index (χ0) is 18.3. The van der Waals surface area contributed by atoms with Crippen molar-refractivity contribution in [3.63, 3.8) is 0 Å². The van der Waals surface area contributed by atoms with Gasteiger partial charge in [0.2, 0.25) is 5.91 Å². The van der Waals surface area contributed by atoms with Crippen molar-refractivity contribution in [3.05, 3.63) is 70.9 Å². The molecule has 1 unspecified atom stereocenters. The molecule has 0 radical (unpaired) electrons. The quantitative estimate of drug-likeness (QED) is 0.784. The number of hydrogen-bond acceptors (Lipinski definition) is 3. The molecule has 4 rings (SSSR count). The molecule has 2 amide bonds. The fourth-order valence-electron chi connectivity index (χ4n) is 3.76. The van der Waals surface area contributed by atoms with Gasteiger partial charge in [-0.3, -0.25) is 14.5 Å². The minimum atomic E-state index is -0.385. The third-order valence-corrected chi connectivity index (χ3v) is 4.97. The maximum atomic E-state index is 13.0. The van der Waals surface area contributed by atoms with Gasteiger partial charge in [-0.05, 0) is 41.3 Å². The Morgan fingerprint density at radius 3 is 2.65 bits per heavy atom. The van der Waals surface area contributed by atoms with Crippen LogP contribution in [-0.2, 0) is 16.0 Å². The van der Waals surface area contributed by atoms with Crippen LogP contribution in [0.4, 0.5) is 0 Å². The van der Waals surface area contributed by atoms with Crippen LogP contribution in [0.15, 0.2) is 54.2 Å². The van der Waals surface area contributed by atoms with Crippen LogP contribution in [-0.4, -0.2) is 35.3 Å². The van der Waals surface area contributed by atoms with E-state index in [-0.39, 0.29) is 18.0 Å². The summed E-state index contributed by atoms with van der Waals surface area (Å²) in [5, 5.41) is 0. The second-order valence-corrected chi connectivity index (χ2v) is 6.52. The van der Waals surface area contributed by atoms with Gasteiger partial charge in [0.15, 0.2) is 0 Å². The molecule has 0 aliphatic carbocycles. The zero-order valence-corrected chi connectivity index (χ0v) is 14.8. The molecule has 0 aromatic heterocycles. The number of carbonyl (C=O) groups is 2. The van der Waals surface area contributed by atoms with Gasteiger partial charge in [-0.15, -0.1) is 0 Å². The minimum Gasteiger partial charge on any atom is -0.497 e. The van der Waals surface area contributed by atoms with Crippen molar-refractivity contribution < 1.29 is 14.3 Å². The summed E-state index contributed by atoms with van der Waals surface area (Å²) >= 11 is 0. The summed E-state index contributed by atoms with van der Waals surface area (Å²) in [6.07, 6.45) is 2.16. The Balaban J connectivity index is 1.82. The van der Waals surface area contributed by atoms with Crippen LogP contribution in [0.2, 0.25) is 0 Å². The molecule has 0 spiro atoms. The van der Waals surface area contributed by atoms with Gasteiger partial charge in [-0.1, -0.05) is 36.4 Å². The summed E-state index contributed by atoms with van der Waals surface area (Å²) in [5.74, 6) is 0.545. The van der Waals surface area contributed by atoms with Gasteiger partial charge in [0.25, 0.3) is 5.91 Å². The summed E-state index contributed by atoms with van der Waals surface area (Å²) in [4.78, 5) is 28.9. The number of methoxy groups -OCH3 is 1. The van der Waals surface area contributed by atoms with Crippen molar-refractivity contribution >= 4 is 17.9 Å². The Morgan fingerprint density at radius 1 is 1.19 bits per heavy atom. The lowest BCUT2D eigenvalue weighted by Crippen LogP contribution is -2.39. The molecule has 0 N–H and O–H groups in total. The van der Waals surface area contributed by atoms with Gasteiger partial charge in [0.05, 0.1) is 7.11 Å². The number of fused-ring (bicyclic) bond motifs is 3. The van der Waals surface area contributed by atoms with Crippen LogP contribution in [0.5, 0.6) is 5.75 Å². The van der Waals surface area contributed by atoms with E-state index in [4.69, 9.17) is 4.74 Å². The molecule has 1 atom stereocenters. The van der Waals surface area contributed by atoms with E-state index in [1.54, 1.807) is 23.0 Å². The number of rotatable bonds is 2. The molecule has 2 heterocycles. The van der Waals surface area contributed by atoms with E-state index in [9.17, 15) is 9.59 Å². The highest BCUT2D eigenvalue weighted by Gasteiger charge is 2.46. The summed E-state index contributed by atoms with van der Waals surface area (Å²) in [5.41, 5.74) is 3.43. The molecule has 2 aromatic carbocycles. The Bertz CT molecular complexity index is 905. The number of hydrogen-bond donors (Lipinski definition) is 0. The summed E-state index contributed by atoms with van der Waals surface area (Å²) in [6.45, 7) is 2.09. The minimum absolute atomic E-state index is 0.101. The lowest BCUT2D eigenvalue weighted by Gasteiger charge is -2.34. The van der Waals surface area contributed by atoms with Crippen LogP contribution in [0, 0.1) is 0 Å². The van der Waals surface area contributed by atoms with Crippen molar-refractivity contribution in [2.75, 3.05) is 13.7 Å². The van der Waals surface area contributed by atoms with Crippen LogP contribution in [0.1, 0.15) is 29.8 Å². The van der Waals surface area contributed by atoms with Crippen molar-refractivity contribution in [1.29, 1.82) is 0 Å². The van der Waals surface area contributed by atoms with Gasteiger partial charge in [0, 0.05) is 13.5 Å². The van der Waals surface area contributed by atoms with Crippen molar-refractivity contribution in [2.45, 2.75) is 19.5 Å². The van der Waals surface area contributed by atoms with E-state index in [1.165, 1.54) is 6.92 Å². The van der Waals surface area contributed by atoms with Crippen LogP contribution in [0.3, 0.4) is 0 Å². The van der Waals surface area contributed by atoms with Crippen LogP contribution >= 0.6 is 0 Å². The summed E-state index contributed by atoms with van der Waals surface area (Å²) in [6, 6.07) is 15.4. The Kier molecular flexibility index (Phi) is 3.99. The lowest BCUT2D eigenvalue weighted by molar-refractivity contribution is -0.130. The first-order valence-electron chi connectivity index (χ1n) is 8.64. The van der Waals surface area contributed by atoms with Crippen LogP contribution < -0.4 is 4.74 Å². The largest absolute Gasteiger partial charge is 0.497 e. The predicted octanol–water partition coefficient (Wildman–Crippen LogP) is 2.98. The zero-order valence-electron chi connectivity index (χ0n) is 14.8. The summed E-state index contributed by atoms with van der Waals surface area (Å²) in [7, 11) is 1.64. The third kappa shape index (κ3) is 2.56. The molecule has 2 aromatic rings. The number of benzene rings is 2. The SMILES string of the molecule is COc1ccc2c(c1)CCN1C(=O)/C(=C\c3ccccc3)N(C(C)=O)C21. The molecule has 0 bridgehead atoms. The molecule has 2 aliphatic rings. The number of amides is 2. The fourth-order valence-corrected chi connectivity index (χ4v) is 3.76. The maximum Gasteiger partial charge on any atom is 0.272 e. The lowest BCUT2D eigenvalue weighted by atomic mass is 9.96. The first-order chi connectivity index (χ1) is 12.6. The Morgan fingerprint density at radius 2 is 1.96 bits per heavy atom. The predicted molar refractivity (Wildman–Crippen MR) is 98.1 cm³/mol. The number of carbonyl (C=O) groups excluding carboxylic acids is 2. The maximum absolute atomic E-state index is 13.0. The molecular weight excluding hydrogens is 328 g/mol. The molecule has 0 saturated carbocycles. The molecule has 2 aliphatic heterocycles. The highest BCUT2D eigenvalue weighted by Crippen LogP contribution is 2.42. The fraction of sp³-hybridized carbons (Fsp3) is 0.238. The monoisotopic (exact) mass is 348 g/mol. The average Bonchev–Trinajstić information content (AvgIpc) is 2.94. The Labute approximate surface area is 152 Å². The normalized spacial score (nSPS) is 20.2. The number of nitrogens with zero attached hydrogens (tertiary/aromatic N) is 2.